The Kier molecular flexibility index (Phi) is 3.89. The van der Waals surface area contributed by atoms with E-state index in [0.717, 1.165) is 0 Å². The van der Waals surface area contributed by atoms with Crippen molar-refractivity contribution in [1.29, 1.82) is 0 Å². The van der Waals surface area contributed by atoms with E-state index in [0.29, 0.717) is 13.2 Å². The Hall–Kier alpha value is -0.770. The van der Waals surface area contributed by atoms with Gasteiger partial charge in [0.05, 0.1) is 13.2 Å². The number of hydrogen-bond donors (Lipinski definition) is 2. The van der Waals surface area contributed by atoms with Gasteiger partial charge in [-0.1, -0.05) is 13.8 Å². The fraction of sp³-hybridized carbons (Fsp3) is 0.857. The van der Waals surface area contributed by atoms with E-state index in [4.69, 9.17) is 16.2 Å². The quantitative estimate of drug-likeness (QED) is 0.445. The molecule has 4 nitrogen and oxygen atoms in total. The summed E-state index contributed by atoms with van der Waals surface area (Å²) in [6, 6.07) is 0. The predicted molar refractivity (Wildman–Crippen MR) is 46.3 cm³/mol. The molecule has 0 heterocycles. The van der Waals surface area contributed by atoms with Crippen molar-refractivity contribution in [2.24, 2.45) is 21.9 Å². The number of nitrogens with zero attached hydrogens (tertiary/aromatic N) is 1. The number of rotatable bonds is 4. The van der Waals surface area contributed by atoms with Crippen LogP contribution in [0.15, 0.2) is 4.99 Å². The number of hydrogen-bond acceptors (Lipinski definition) is 2. The minimum atomic E-state index is 0.0126. The average Bonchev–Trinajstić information content (AvgIpc) is 1.84. The maximum atomic E-state index is 5.18. The number of nitrogens with two attached hydrogens (primary N) is 2. The monoisotopic (exact) mass is 159 g/mol. The molecule has 4 heteroatoms. The number of methoxy groups -OCH3 is 1. The van der Waals surface area contributed by atoms with Crippen LogP contribution < -0.4 is 11.5 Å². The molecule has 11 heavy (non-hydrogen) atoms. The normalized spacial score (nSPS) is 11.2. The van der Waals surface area contributed by atoms with Crippen LogP contribution >= 0.6 is 0 Å². The van der Waals surface area contributed by atoms with Gasteiger partial charge in [-0.3, -0.25) is 4.99 Å². The molecule has 0 aromatic rings. The van der Waals surface area contributed by atoms with Gasteiger partial charge < -0.3 is 16.2 Å². The molecule has 0 spiro atoms. The SMILES string of the molecule is COCC(C)(C)CN=C(N)N. The molecular weight excluding hydrogens is 142 g/mol. The van der Waals surface area contributed by atoms with Crippen LogP contribution in [-0.2, 0) is 4.74 Å². The lowest BCUT2D eigenvalue weighted by atomic mass is 9.95. The zero-order valence-electron chi connectivity index (χ0n) is 7.42. The minimum Gasteiger partial charge on any atom is -0.384 e. The van der Waals surface area contributed by atoms with Gasteiger partial charge in [0, 0.05) is 12.5 Å². The Balaban J connectivity index is 3.81. The van der Waals surface area contributed by atoms with Crippen LogP contribution in [0.5, 0.6) is 0 Å². The van der Waals surface area contributed by atoms with Gasteiger partial charge in [0.2, 0.25) is 0 Å². The van der Waals surface area contributed by atoms with E-state index in [-0.39, 0.29) is 11.4 Å². The highest BCUT2D eigenvalue weighted by atomic mass is 16.5. The summed E-state index contributed by atoms with van der Waals surface area (Å²) in [7, 11) is 1.66. The Morgan fingerprint density at radius 2 is 2.00 bits per heavy atom. The second-order valence-electron chi connectivity index (χ2n) is 3.34. The molecule has 0 aromatic carbocycles. The molecule has 4 N–H and O–H groups in total. The lowest BCUT2D eigenvalue weighted by Gasteiger charge is -2.20. The van der Waals surface area contributed by atoms with E-state index in [1.54, 1.807) is 7.11 Å². The summed E-state index contributed by atoms with van der Waals surface area (Å²) in [5.74, 6) is 0.133. The van der Waals surface area contributed by atoms with Crippen LogP contribution in [0, 0.1) is 5.41 Å². The molecule has 0 unspecified atom stereocenters. The highest BCUT2D eigenvalue weighted by molar-refractivity contribution is 5.75. The van der Waals surface area contributed by atoms with E-state index in [1.165, 1.54) is 0 Å². The van der Waals surface area contributed by atoms with Gasteiger partial charge in [0.15, 0.2) is 5.96 Å². The van der Waals surface area contributed by atoms with Crippen molar-refractivity contribution < 1.29 is 4.74 Å². The highest BCUT2D eigenvalue weighted by Crippen LogP contribution is 2.14. The van der Waals surface area contributed by atoms with Crippen LogP contribution in [0.2, 0.25) is 0 Å². The maximum absolute atomic E-state index is 5.18. The summed E-state index contributed by atoms with van der Waals surface area (Å²) in [5.41, 5.74) is 10.4. The van der Waals surface area contributed by atoms with E-state index in [9.17, 15) is 0 Å². The van der Waals surface area contributed by atoms with Crippen molar-refractivity contribution >= 4 is 5.96 Å². The summed E-state index contributed by atoms with van der Waals surface area (Å²) in [6.45, 7) is 5.35. The van der Waals surface area contributed by atoms with Gasteiger partial charge in [-0.2, -0.15) is 0 Å². The largest absolute Gasteiger partial charge is 0.384 e. The van der Waals surface area contributed by atoms with Crippen LogP contribution in [0.25, 0.3) is 0 Å². The van der Waals surface area contributed by atoms with Crippen LogP contribution in [-0.4, -0.2) is 26.2 Å². The molecule has 0 atom stereocenters. The average molecular weight is 159 g/mol. The van der Waals surface area contributed by atoms with Gasteiger partial charge in [0.1, 0.15) is 0 Å². The molecule has 0 aliphatic heterocycles. The van der Waals surface area contributed by atoms with Gasteiger partial charge in [-0.25, -0.2) is 0 Å². The number of guanidine groups is 1. The van der Waals surface area contributed by atoms with Crippen molar-refractivity contribution in [2.45, 2.75) is 13.8 Å². The second kappa shape index (κ2) is 4.18. The Morgan fingerprint density at radius 3 is 2.36 bits per heavy atom. The molecule has 0 amide bonds. The molecule has 0 aliphatic carbocycles. The summed E-state index contributed by atoms with van der Waals surface area (Å²) in [4.78, 5) is 3.91. The predicted octanol–water partition coefficient (Wildman–Crippen LogP) is -0.0676. The van der Waals surface area contributed by atoms with Gasteiger partial charge in [-0.15, -0.1) is 0 Å². The molecule has 0 fully saturated rings. The van der Waals surface area contributed by atoms with Crippen LogP contribution in [0.3, 0.4) is 0 Å². The zero-order chi connectivity index (χ0) is 8.91. The van der Waals surface area contributed by atoms with E-state index in [1.807, 2.05) is 13.8 Å². The number of ether oxygens (including phenoxy) is 1. The summed E-state index contributed by atoms with van der Waals surface area (Å²) in [6.07, 6.45) is 0. The smallest absolute Gasteiger partial charge is 0.185 e. The molecule has 66 valence electrons. The molecule has 0 saturated heterocycles. The van der Waals surface area contributed by atoms with Crippen molar-refractivity contribution in [3.05, 3.63) is 0 Å². The first kappa shape index (κ1) is 10.2. The van der Waals surface area contributed by atoms with E-state index in [2.05, 4.69) is 4.99 Å². The third-order valence-corrected chi connectivity index (χ3v) is 1.22. The van der Waals surface area contributed by atoms with Crippen LogP contribution in [0.1, 0.15) is 13.8 Å². The summed E-state index contributed by atoms with van der Waals surface area (Å²) in [5, 5.41) is 0. The lowest BCUT2D eigenvalue weighted by Crippen LogP contribution is -2.28. The summed E-state index contributed by atoms with van der Waals surface area (Å²) < 4.78 is 4.99. The Morgan fingerprint density at radius 1 is 1.45 bits per heavy atom. The highest BCUT2D eigenvalue weighted by Gasteiger charge is 2.16. The standard InChI is InChI=1S/C7H17N3O/c1-7(2,5-11-3)4-10-6(8)9/h4-5H2,1-3H3,(H4,8,9,10). The zero-order valence-corrected chi connectivity index (χ0v) is 7.42. The molecule has 0 aromatic heterocycles. The van der Waals surface area contributed by atoms with Crippen molar-refractivity contribution in [3.8, 4) is 0 Å². The molecule has 0 saturated carbocycles. The molecule has 0 aliphatic rings. The first-order valence-corrected chi connectivity index (χ1v) is 3.52. The Bertz CT molecular complexity index is 139. The second-order valence-corrected chi connectivity index (χ2v) is 3.34. The molecule has 0 rings (SSSR count). The fourth-order valence-electron chi connectivity index (χ4n) is 0.742. The minimum absolute atomic E-state index is 0.0126. The molecule has 0 radical (unpaired) electrons. The molecular formula is C7H17N3O. The Labute approximate surface area is 67.6 Å². The van der Waals surface area contributed by atoms with Crippen LogP contribution in [0.4, 0.5) is 0 Å². The van der Waals surface area contributed by atoms with Gasteiger partial charge in [-0.05, 0) is 0 Å². The first-order valence-electron chi connectivity index (χ1n) is 3.52. The van der Waals surface area contributed by atoms with Gasteiger partial charge in [0.25, 0.3) is 0 Å². The maximum Gasteiger partial charge on any atom is 0.185 e. The lowest BCUT2D eigenvalue weighted by molar-refractivity contribution is 0.110. The molecule has 0 bridgehead atoms. The van der Waals surface area contributed by atoms with E-state index >= 15 is 0 Å². The summed E-state index contributed by atoms with van der Waals surface area (Å²) >= 11 is 0. The van der Waals surface area contributed by atoms with Gasteiger partial charge >= 0.3 is 0 Å². The van der Waals surface area contributed by atoms with Crippen molar-refractivity contribution in [2.75, 3.05) is 20.3 Å². The van der Waals surface area contributed by atoms with Crippen molar-refractivity contribution in [3.63, 3.8) is 0 Å². The number of aliphatic imine (C=N–C) groups is 1. The fourth-order valence-corrected chi connectivity index (χ4v) is 0.742. The topological polar surface area (TPSA) is 73.6 Å². The first-order chi connectivity index (χ1) is 4.98. The van der Waals surface area contributed by atoms with Crippen molar-refractivity contribution in [1.82, 2.24) is 0 Å². The van der Waals surface area contributed by atoms with E-state index < -0.39 is 0 Å². The third kappa shape index (κ3) is 5.66. The third-order valence-electron chi connectivity index (χ3n) is 1.22.